The lowest BCUT2D eigenvalue weighted by Crippen LogP contribution is -2.39. The summed E-state index contributed by atoms with van der Waals surface area (Å²) in [6.07, 6.45) is 8.22. The fraction of sp³-hybridized carbons (Fsp3) is 0.333. The Labute approximate surface area is 268 Å². The van der Waals surface area contributed by atoms with Gasteiger partial charge in [0.05, 0.1) is 6.54 Å². The number of piperidine rings is 1. The van der Waals surface area contributed by atoms with E-state index in [1.54, 1.807) is 51.1 Å². The molecule has 3 heterocycles. The molecule has 1 fully saturated rings. The van der Waals surface area contributed by atoms with Crippen LogP contribution in [0.1, 0.15) is 63.1 Å². The lowest BCUT2D eigenvalue weighted by molar-refractivity contribution is -0.132. The lowest BCUT2D eigenvalue weighted by atomic mass is 10.0. The summed E-state index contributed by atoms with van der Waals surface area (Å²) in [5.74, 6) is -0.316. The highest BCUT2D eigenvalue weighted by Gasteiger charge is 2.30. The van der Waals surface area contributed by atoms with Crippen molar-refractivity contribution in [1.82, 2.24) is 14.7 Å². The number of carbonyl (C=O) groups excluding carboxylic acids is 4. The van der Waals surface area contributed by atoms with Gasteiger partial charge in [-0.05, 0) is 84.8 Å². The van der Waals surface area contributed by atoms with Gasteiger partial charge < -0.3 is 19.6 Å². The van der Waals surface area contributed by atoms with E-state index in [1.807, 2.05) is 47.4 Å². The highest BCUT2D eigenvalue weighted by Crippen LogP contribution is 2.30. The third kappa shape index (κ3) is 7.12. The van der Waals surface area contributed by atoms with Crippen LogP contribution < -0.4 is 4.90 Å². The number of hydrogen-bond acceptors (Lipinski definition) is 4. The van der Waals surface area contributed by atoms with E-state index in [1.165, 1.54) is 6.42 Å². The largest absolute Gasteiger partial charge is 0.343 e. The fourth-order valence-electron chi connectivity index (χ4n) is 6.20. The van der Waals surface area contributed by atoms with Gasteiger partial charge in [-0.15, -0.1) is 0 Å². The number of hydrogen-bond donors (Lipinski definition) is 0. The molecule has 1 saturated heterocycles. The Morgan fingerprint density at radius 1 is 0.689 bits per heavy atom. The average molecular weight is 625 g/mol. The molecule has 0 atom stereocenters. The van der Waals surface area contributed by atoms with Gasteiger partial charge in [-0.25, -0.2) is 0 Å². The van der Waals surface area contributed by atoms with Gasteiger partial charge in [0.2, 0.25) is 11.8 Å². The van der Waals surface area contributed by atoms with Crippen molar-refractivity contribution in [3.05, 3.63) is 112 Å². The Morgan fingerprint density at radius 2 is 1.31 bits per heavy atom. The van der Waals surface area contributed by atoms with Crippen molar-refractivity contribution in [1.29, 1.82) is 0 Å². The van der Waals surface area contributed by atoms with Crippen LogP contribution >= 0.6 is 11.6 Å². The molecule has 232 valence electrons. The molecule has 0 aliphatic carbocycles. The monoisotopic (exact) mass is 624 g/mol. The maximum Gasteiger partial charge on any atom is 0.254 e. The molecule has 0 bridgehead atoms. The predicted octanol–water partition coefficient (Wildman–Crippen LogP) is 5.49. The molecule has 0 saturated carbocycles. The minimum absolute atomic E-state index is 0.0251. The molecule has 3 aromatic rings. The maximum absolute atomic E-state index is 13.9. The Bertz CT molecular complexity index is 1600. The molecule has 8 nitrogen and oxygen atoms in total. The van der Waals surface area contributed by atoms with Crippen molar-refractivity contribution in [3.63, 3.8) is 0 Å². The molecule has 45 heavy (non-hydrogen) atoms. The first-order chi connectivity index (χ1) is 21.9. The van der Waals surface area contributed by atoms with Crippen molar-refractivity contribution in [2.24, 2.45) is 0 Å². The maximum atomic E-state index is 13.9. The topological polar surface area (TPSA) is 81.2 Å². The molecule has 0 radical (unpaired) electrons. The summed E-state index contributed by atoms with van der Waals surface area (Å²) < 4.78 is 0. The first-order valence-electron chi connectivity index (χ1n) is 15.6. The highest BCUT2D eigenvalue weighted by molar-refractivity contribution is 6.30. The third-order valence-electron chi connectivity index (χ3n) is 8.79. The Kier molecular flexibility index (Phi) is 9.31. The van der Waals surface area contributed by atoms with Crippen LogP contribution in [-0.4, -0.2) is 71.1 Å². The zero-order valence-electron chi connectivity index (χ0n) is 25.3. The number of rotatable bonds is 7. The van der Waals surface area contributed by atoms with Crippen molar-refractivity contribution in [2.75, 3.05) is 37.6 Å². The van der Waals surface area contributed by atoms with E-state index in [4.69, 9.17) is 11.6 Å². The summed E-state index contributed by atoms with van der Waals surface area (Å²) in [4.78, 5) is 60.2. The quantitative estimate of drug-likeness (QED) is 0.326. The second-order valence-corrected chi connectivity index (χ2v) is 12.4. The van der Waals surface area contributed by atoms with E-state index in [0.717, 1.165) is 48.3 Å². The van der Waals surface area contributed by atoms with Crippen LogP contribution in [0.2, 0.25) is 5.02 Å². The van der Waals surface area contributed by atoms with E-state index < -0.39 is 0 Å². The second kappa shape index (κ2) is 13.7. The Hall–Kier alpha value is -4.43. The number of aryl methyl sites for hydroxylation is 1. The first-order valence-corrected chi connectivity index (χ1v) is 16.0. The zero-order valence-corrected chi connectivity index (χ0v) is 26.0. The van der Waals surface area contributed by atoms with Gasteiger partial charge in [0.1, 0.15) is 6.54 Å². The van der Waals surface area contributed by atoms with Gasteiger partial charge in [-0.3, -0.25) is 19.2 Å². The molecule has 3 aliphatic heterocycles. The minimum Gasteiger partial charge on any atom is -0.343 e. The summed E-state index contributed by atoms with van der Waals surface area (Å²) in [5, 5.41) is 0.533. The second-order valence-electron chi connectivity index (χ2n) is 11.9. The SMILES string of the molecule is O=C(CCc1ccc2c(c1)N(Cc1ccc(C(=O)N3CC=CC3)cc1)C(=O)CN(C(=O)c1ccc(Cl)cc1)C2)N1CCCCC1. The summed E-state index contributed by atoms with van der Waals surface area (Å²) in [6, 6.07) is 20.0. The Morgan fingerprint density at radius 3 is 2.00 bits per heavy atom. The van der Waals surface area contributed by atoms with E-state index in [-0.39, 0.29) is 43.3 Å². The summed E-state index contributed by atoms with van der Waals surface area (Å²) in [5.41, 5.74) is 4.48. The van der Waals surface area contributed by atoms with E-state index in [9.17, 15) is 19.2 Å². The van der Waals surface area contributed by atoms with Crippen molar-refractivity contribution in [2.45, 2.75) is 45.2 Å². The highest BCUT2D eigenvalue weighted by atomic mass is 35.5. The number of carbonyl (C=O) groups is 4. The summed E-state index contributed by atoms with van der Waals surface area (Å²) in [7, 11) is 0. The lowest BCUT2D eigenvalue weighted by Gasteiger charge is -2.27. The fourth-order valence-corrected chi connectivity index (χ4v) is 6.33. The first kappa shape index (κ1) is 30.6. The van der Waals surface area contributed by atoms with Crippen LogP contribution in [0.25, 0.3) is 0 Å². The van der Waals surface area contributed by atoms with Gasteiger partial charge in [0, 0.05) is 61.0 Å². The normalized spacial score (nSPS) is 16.5. The van der Waals surface area contributed by atoms with Gasteiger partial charge in [0.15, 0.2) is 0 Å². The van der Waals surface area contributed by atoms with Crippen LogP contribution in [0.3, 0.4) is 0 Å². The molecule has 0 aromatic heterocycles. The van der Waals surface area contributed by atoms with Crippen LogP contribution in [0, 0.1) is 0 Å². The zero-order chi connectivity index (χ0) is 31.3. The van der Waals surface area contributed by atoms with E-state index >= 15 is 0 Å². The van der Waals surface area contributed by atoms with Crippen LogP contribution in [-0.2, 0) is 29.1 Å². The number of halogens is 1. The molecule has 0 spiro atoms. The minimum atomic E-state index is -0.247. The standard InChI is InChI=1S/C36H37ClN4O4/c37-31-15-13-29(14-16-31)36(45)40-24-30-12-6-26(9-17-33(42)38-18-2-1-3-19-38)22-32(30)41(34(43)25-40)23-27-7-10-28(11-8-27)35(44)39-20-4-5-21-39/h4-8,10-16,22H,1-3,9,17-21,23-25H2. The van der Waals surface area contributed by atoms with E-state index in [0.29, 0.717) is 42.1 Å². The van der Waals surface area contributed by atoms with Crippen LogP contribution in [0.4, 0.5) is 5.69 Å². The molecule has 6 rings (SSSR count). The molecular formula is C36H37ClN4O4. The number of likely N-dealkylation sites (tertiary alicyclic amines) is 1. The van der Waals surface area contributed by atoms with E-state index in [2.05, 4.69) is 0 Å². The van der Waals surface area contributed by atoms with Gasteiger partial charge in [-0.1, -0.05) is 48.0 Å². The van der Waals surface area contributed by atoms with Crippen LogP contribution in [0.5, 0.6) is 0 Å². The number of amides is 4. The summed E-state index contributed by atoms with van der Waals surface area (Å²) in [6.45, 7) is 3.32. The van der Waals surface area contributed by atoms with Gasteiger partial charge in [0.25, 0.3) is 11.8 Å². The number of anilines is 1. The summed E-state index contributed by atoms with van der Waals surface area (Å²) >= 11 is 6.05. The predicted molar refractivity (Wildman–Crippen MR) is 174 cm³/mol. The third-order valence-corrected chi connectivity index (χ3v) is 9.04. The van der Waals surface area contributed by atoms with Gasteiger partial charge in [-0.2, -0.15) is 0 Å². The molecule has 3 aromatic carbocycles. The van der Waals surface area contributed by atoms with Gasteiger partial charge >= 0.3 is 0 Å². The van der Waals surface area contributed by atoms with Crippen molar-refractivity contribution >= 4 is 40.9 Å². The number of nitrogens with zero attached hydrogens (tertiary/aromatic N) is 4. The average Bonchev–Trinajstić information content (AvgIpc) is 3.58. The molecule has 0 unspecified atom stereocenters. The molecule has 0 N–H and O–H groups in total. The number of fused-ring (bicyclic) bond motifs is 1. The molecule has 3 aliphatic rings. The molecule has 9 heteroatoms. The molecular weight excluding hydrogens is 588 g/mol. The van der Waals surface area contributed by atoms with Crippen molar-refractivity contribution in [3.8, 4) is 0 Å². The molecule has 4 amide bonds. The Balaban J connectivity index is 1.25. The van der Waals surface area contributed by atoms with Crippen LogP contribution in [0.15, 0.2) is 78.9 Å². The smallest absolute Gasteiger partial charge is 0.254 e. The van der Waals surface area contributed by atoms with Crippen molar-refractivity contribution < 1.29 is 19.2 Å². The number of benzene rings is 3.